The van der Waals surface area contributed by atoms with Gasteiger partial charge >= 0.3 is 0 Å². The number of benzene rings is 2. The number of ether oxygens (including phenoxy) is 1. The van der Waals surface area contributed by atoms with Crippen molar-refractivity contribution < 1.29 is 4.74 Å². The normalized spacial score (nSPS) is 10.6. The zero-order valence-corrected chi connectivity index (χ0v) is 13.8. The van der Waals surface area contributed by atoms with Gasteiger partial charge in [-0.3, -0.25) is 0 Å². The molecule has 0 bridgehead atoms. The van der Waals surface area contributed by atoms with Crippen LogP contribution in [0.2, 0.25) is 0 Å². The molecule has 0 aliphatic heterocycles. The minimum atomic E-state index is 0.733. The van der Waals surface area contributed by atoms with Gasteiger partial charge in [0.1, 0.15) is 17.9 Å². The Bertz CT molecular complexity index is 774. The van der Waals surface area contributed by atoms with Gasteiger partial charge < -0.3 is 10.1 Å². The molecule has 0 fully saturated rings. The van der Waals surface area contributed by atoms with Gasteiger partial charge in [0.15, 0.2) is 0 Å². The summed E-state index contributed by atoms with van der Waals surface area (Å²) in [5.41, 5.74) is 1.87. The van der Waals surface area contributed by atoms with Gasteiger partial charge in [-0.15, -0.1) is 0 Å². The fourth-order valence-corrected chi connectivity index (χ4v) is 2.48. The van der Waals surface area contributed by atoms with Crippen LogP contribution in [0.4, 0.5) is 11.5 Å². The van der Waals surface area contributed by atoms with E-state index in [1.165, 1.54) is 0 Å². The van der Waals surface area contributed by atoms with Gasteiger partial charge in [-0.25, -0.2) is 9.97 Å². The number of nitrogens with zero attached hydrogens (tertiary/aromatic N) is 2. The lowest BCUT2D eigenvalue weighted by molar-refractivity contribution is 0.317. The van der Waals surface area contributed by atoms with Crippen molar-refractivity contribution in [2.24, 2.45) is 0 Å². The Morgan fingerprint density at radius 1 is 1.09 bits per heavy atom. The van der Waals surface area contributed by atoms with Gasteiger partial charge in [0.2, 0.25) is 0 Å². The summed E-state index contributed by atoms with van der Waals surface area (Å²) in [6.45, 7) is 2.83. The van der Waals surface area contributed by atoms with Crippen molar-refractivity contribution >= 4 is 38.3 Å². The van der Waals surface area contributed by atoms with Crippen LogP contribution in [-0.4, -0.2) is 16.6 Å². The molecule has 112 valence electrons. The molecule has 3 rings (SSSR count). The quantitative estimate of drug-likeness (QED) is 0.703. The molecule has 0 radical (unpaired) electrons. The van der Waals surface area contributed by atoms with E-state index in [4.69, 9.17) is 4.74 Å². The molecule has 0 saturated heterocycles. The van der Waals surface area contributed by atoms with Crippen molar-refractivity contribution in [1.29, 1.82) is 0 Å². The molecule has 0 unspecified atom stereocenters. The highest BCUT2D eigenvalue weighted by molar-refractivity contribution is 9.10. The fraction of sp³-hybridized carbons (Fsp3) is 0.176. The van der Waals surface area contributed by atoms with Crippen LogP contribution in [0.25, 0.3) is 10.9 Å². The van der Waals surface area contributed by atoms with E-state index in [-0.39, 0.29) is 0 Å². The first-order valence-corrected chi connectivity index (χ1v) is 7.95. The van der Waals surface area contributed by atoms with Gasteiger partial charge in [0, 0.05) is 15.5 Å². The Hall–Kier alpha value is -2.14. The smallest absolute Gasteiger partial charge is 0.141 e. The van der Waals surface area contributed by atoms with Crippen molar-refractivity contribution in [3.05, 3.63) is 53.3 Å². The van der Waals surface area contributed by atoms with Crippen LogP contribution < -0.4 is 10.1 Å². The van der Waals surface area contributed by atoms with Gasteiger partial charge in [-0.1, -0.05) is 22.9 Å². The van der Waals surface area contributed by atoms with Gasteiger partial charge in [0.05, 0.1) is 12.1 Å². The molecule has 4 nitrogen and oxygen atoms in total. The summed E-state index contributed by atoms with van der Waals surface area (Å²) in [6.07, 6.45) is 2.57. The lowest BCUT2D eigenvalue weighted by atomic mass is 10.2. The molecule has 0 aliphatic carbocycles. The van der Waals surface area contributed by atoms with Crippen LogP contribution in [-0.2, 0) is 0 Å². The predicted molar refractivity (Wildman–Crippen MR) is 92.7 cm³/mol. The second kappa shape index (κ2) is 6.75. The summed E-state index contributed by atoms with van der Waals surface area (Å²) < 4.78 is 6.59. The Balaban J connectivity index is 1.85. The summed E-state index contributed by atoms with van der Waals surface area (Å²) in [4.78, 5) is 8.62. The molecule has 22 heavy (non-hydrogen) atoms. The number of nitrogens with one attached hydrogen (secondary N) is 1. The zero-order valence-electron chi connectivity index (χ0n) is 12.2. The standard InChI is InChI=1S/C17H16BrN3O/c1-2-9-22-14-6-4-13(5-7-14)21-17-15-10-12(18)3-8-16(15)19-11-20-17/h3-8,10-11H,2,9H2,1H3,(H,19,20,21). The third-order valence-corrected chi connectivity index (χ3v) is 3.68. The number of aromatic nitrogens is 2. The van der Waals surface area contributed by atoms with E-state index in [1.807, 2.05) is 42.5 Å². The molecular weight excluding hydrogens is 342 g/mol. The third kappa shape index (κ3) is 3.36. The fourth-order valence-electron chi connectivity index (χ4n) is 2.12. The number of anilines is 2. The molecule has 3 aromatic rings. The topological polar surface area (TPSA) is 47.0 Å². The highest BCUT2D eigenvalue weighted by atomic mass is 79.9. The average molecular weight is 358 g/mol. The maximum absolute atomic E-state index is 5.59. The first-order valence-electron chi connectivity index (χ1n) is 7.16. The SMILES string of the molecule is CCCOc1ccc(Nc2ncnc3ccc(Br)cc23)cc1. The summed E-state index contributed by atoms with van der Waals surface area (Å²) in [5, 5.41) is 4.31. The Labute approximate surface area is 137 Å². The van der Waals surface area contributed by atoms with Crippen LogP contribution in [0, 0.1) is 0 Å². The Kier molecular flexibility index (Phi) is 4.53. The number of hydrogen-bond acceptors (Lipinski definition) is 4. The lowest BCUT2D eigenvalue weighted by Gasteiger charge is -2.10. The average Bonchev–Trinajstić information content (AvgIpc) is 2.55. The van der Waals surface area contributed by atoms with Crippen molar-refractivity contribution in [2.45, 2.75) is 13.3 Å². The van der Waals surface area contributed by atoms with E-state index in [2.05, 4.69) is 38.1 Å². The van der Waals surface area contributed by atoms with Crippen molar-refractivity contribution in [2.75, 3.05) is 11.9 Å². The largest absolute Gasteiger partial charge is 0.494 e. The first kappa shape index (κ1) is 14.8. The Morgan fingerprint density at radius 3 is 2.68 bits per heavy atom. The minimum absolute atomic E-state index is 0.733. The highest BCUT2D eigenvalue weighted by Crippen LogP contribution is 2.26. The van der Waals surface area contributed by atoms with E-state index < -0.39 is 0 Å². The number of hydrogen-bond donors (Lipinski definition) is 1. The van der Waals surface area contributed by atoms with Crippen molar-refractivity contribution in [3.63, 3.8) is 0 Å². The minimum Gasteiger partial charge on any atom is -0.494 e. The van der Waals surface area contributed by atoms with Crippen LogP contribution in [0.1, 0.15) is 13.3 Å². The third-order valence-electron chi connectivity index (χ3n) is 3.19. The number of halogens is 1. The zero-order chi connectivity index (χ0) is 15.4. The second-order valence-electron chi connectivity index (χ2n) is 4.88. The first-order chi connectivity index (χ1) is 10.8. The lowest BCUT2D eigenvalue weighted by Crippen LogP contribution is -1.97. The molecular formula is C17H16BrN3O. The number of rotatable bonds is 5. The van der Waals surface area contributed by atoms with Crippen LogP contribution in [0.3, 0.4) is 0 Å². The van der Waals surface area contributed by atoms with E-state index in [1.54, 1.807) is 6.33 Å². The van der Waals surface area contributed by atoms with Crippen molar-refractivity contribution in [3.8, 4) is 5.75 Å². The maximum atomic E-state index is 5.59. The molecule has 0 aliphatic rings. The van der Waals surface area contributed by atoms with Crippen molar-refractivity contribution in [1.82, 2.24) is 9.97 Å². The van der Waals surface area contributed by atoms with E-state index >= 15 is 0 Å². The van der Waals surface area contributed by atoms with Gasteiger partial charge in [-0.05, 0) is 48.9 Å². The summed E-state index contributed by atoms with van der Waals surface area (Å²) in [7, 11) is 0. The molecule has 0 atom stereocenters. The molecule has 0 spiro atoms. The van der Waals surface area contributed by atoms with Gasteiger partial charge in [-0.2, -0.15) is 0 Å². The van der Waals surface area contributed by atoms with Gasteiger partial charge in [0.25, 0.3) is 0 Å². The molecule has 1 aromatic heterocycles. The Morgan fingerprint density at radius 2 is 1.91 bits per heavy atom. The summed E-state index contributed by atoms with van der Waals surface area (Å²) in [6, 6.07) is 13.8. The monoisotopic (exact) mass is 357 g/mol. The molecule has 1 heterocycles. The molecule has 5 heteroatoms. The second-order valence-corrected chi connectivity index (χ2v) is 5.80. The number of fused-ring (bicyclic) bond motifs is 1. The van der Waals surface area contributed by atoms with E-state index in [0.717, 1.165) is 45.7 Å². The van der Waals surface area contributed by atoms with Crippen LogP contribution in [0.15, 0.2) is 53.3 Å². The van der Waals surface area contributed by atoms with E-state index in [9.17, 15) is 0 Å². The highest BCUT2D eigenvalue weighted by Gasteiger charge is 2.05. The molecule has 0 amide bonds. The van der Waals surface area contributed by atoms with Crippen LogP contribution >= 0.6 is 15.9 Å². The van der Waals surface area contributed by atoms with Crippen LogP contribution in [0.5, 0.6) is 5.75 Å². The van der Waals surface area contributed by atoms with E-state index in [0.29, 0.717) is 0 Å². The summed E-state index contributed by atoms with van der Waals surface area (Å²) >= 11 is 3.49. The molecule has 2 aromatic carbocycles. The maximum Gasteiger partial charge on any atom is 0.141 e. The summed E-state index contributed by atoms with van der Waals surface area (Å²) in [5.74, 6) is 1.66. The predicted octanol–water partition coefficient (Wildman–Crippen LogP) is 4.92. The molecule has 1 N–H and O–H groups in total. The molecule has 0 saturated carbocycles.